The lowest BCUT2D eigenvalue weighted by molar-refractivity contribution is -0.115. The highest BCUT2D eigenvalue weighted by molar-refractivity contribution is 7.15. The zero-order valence-corrected chi connectivity index (χ0v) is 15.9. The highest BCUT2D eigenvalue weighted by Crippen LogP contribution is 2.26. The first kappa shape index (κ1) is 17.3. The normalized spacial score (nSPS) is 10.9. The molecule has 5 nitrogen and oxygen atoms in total. The molecule has 1 amide bonds. The van der Waals surface area contributed by atoms with Crippen molar-refractivity contribution in [3.05, 3.63) is 71.4 Å². The summed E-state index contributed by atoms with van der Waals surface area (Å²) in [7, 11) is 1.65. The molecule has 136 valence electrons. The van der Waals surface area contributed by atoms with Gasteiger partial charge in [-0.25, -0.2) is 4.98 Å². The summed E-state index contributed by atoms with van der Waals surface area (Å²) in [5.74, 6) is 0.747. The van der Waals surface area contributed by atoms with E-state index < -0.39 is 0 Å². The molecule has 0 aliphatic heterocycles. The number of rotatable bonds is 5. The fraction of sp³-hybridized carbons (Fsp3) is 0.143. The number of fused-ring (bicyclic) bond motifs is 1. The van der Waals surface area contributed by atoms with Gasteiger partial charge >= 0.3 is 0 Å². The van der Waals surface area contributed by atoms with E-state index in [4.69, 9.17) is 4.74 Å². The monoisotopic (exact) mass is 377 g/mol. The smallest absolute Gasteiger partial charge is 0.230 e. The summed E-state index contributed by atoms with van der Waals surface area (Å²) in [6.45, 7) is 2.02. The largest absolute Gasteiger partial charge is 0.497 e. The molecule has 2 heterocycles. The van der Waals surface area contributed by atoms with Crippen molar-refractivity contribution in [1.29, 1.82) is 0 Å². The van der Waals surface area contributed by atoms with Crippen molar-refractivity contribution < 1.29 is 9.53 Å². The SMILES string of the molecule is COc1cccc(-c2cn3c(CC(=O)Nc4ccc(C)cc4)csc3n2)c1. The molecular weight excluding hydrogens is 358 g/mol. The number of carbonyl (C=O) groups is 1. The lowest BCUT2D eigenvalue weighted by Crippen LogP contribution is -2.15. The van der Waals surface area contributed by atoms with E-state index in [1.807, 2.05) is 71.4 Å². The van der Waals surface area contributed by atoms with Crippen molar-refractivity contribution in [2.24, 2.45) is 0 Å². The van der Waals surface area contributed by atoms with Crippen LogP contribution >= 0.6 is 11.3 Å². The van der Waals surface area contributed by atoms with Crippen LogP contribution in [0.5, 0.6) is 5.75 Å². The average molecular weight is 377 g/mol. The third kappa shape index (κ3) is 3.71. The van der Waals surface area contributed by atoms with Crippen LogP contribution in [0.15, 0.2) is 60.1 Å². The maximum absolute atomic E-state index is 12.4. The van der Waals surface area contributed by atoms with Crippen LogP contribution in [-0.4, -0.2) is 22.4 Å². The van der Waals surface area contributed by atoms with Gasteiger partial charge in [0, 0.05) is 28.5 Å². The lowest BCUT2D eigenvalue weighted by Gasteiger charge is -2.05. The maximum atomic E-state index is 12.4. The molecule has 0 bridgehead atoms. The zero-order chi connectivity index (χ0) is 18.8. The predicted octanol–water partition coefficient (Wildman–Crippen LogP) is 4.56. The molecule has 0 unspecified atom stereocenters. The fourth-order valence-electron chi connectivity index (χ4n) is 2.88. The van der Waals surface area contributed by atoms with Crippen molar-refractivity contribution >= 4 is 27.9 Å². The number of hydrogen-bond acceptors (Lipinski definition) is 4. The van der Waals surface area contributed by atoms with Gasteiger partial charge in [-0.05, 0) is 31.2 Å². The number of anilines is 1. The predicted molar refractivity (Wildman–Crippen MR) is 109 cm³/mol. The van der Waals surface area contributed by atoms with Gasteiger partial charge in [0.05, 0.1) is 19.2 Å². The third-order valence-electron chi connectivity index (χ3n) is 4.33. The Labute approximate surface area is 161 Å². The van der Waals surface area contributed by atoms with E-state index in [1.165, 1.54) is 11.3 Å². The number of carbonyl (C=O) groups excluding carboxylic acids is 1. The van der Waals surface area contributed by atoms with Gasteiger partial charge in [-0.2, -0.15) is 0 Å². The summed E-state index contributed by atoms with van der Waals surface area (Å²) in [6, 6.07) is 15.6. The van der Waals surface area contributed by atoms with Crippen LogP contribution in [0.25, 0.3) is 16.2 Å². The number of methoxy groups -OCH3 is 1. The van der Waals surface area contributed by atoms with Crippen molar-refractivity contribution in [3.63, 3.8) is 0 Å². The van der Waals surface area contributed by atoms with Crippen molar-refractivity contribution in [2.75, 3.05) is 12.4 Å². The highest BCUT2D eigenvalue weighted by atomic mass is 32.1. The number of amides is 1. The first-order valence-corrected chi connectivity index (χ1v) is 9.47. The minimum atomic E-state index is -0.0461. The Balaban J connectivity index is 1.55. The van der Waals surface area contributed by atoms with Gasteiger partial charge in [0.2, 0.25) is 5.91 Å². The van der Waals surface area contributed by atoms with Crippen LogP contribution in [0, 0.1) is 6.92 Å². The summed E-state index contributed by atoms with van der Waals surface area (Å²) in [5, 5.41) is 4.92. The van der Waals surface area contributed by atoms with Gasteiger partial charge in [0.25, 0.3) is 0 Å². The van der Waals surface area contributed by atoms with Crippen molar-refractivity contribution in [2.45, 2.75) is 13.3 Å². The van der Waals surface area contributed by atoms with Gasteiger partial charge in [-0.3, -0.25) is 9.20 Å². The Morgan fingerprint density at radius 2 is 2.04 bits per heavy atom. The number of imidazole rings is 1. The van der Waals surface area contributed by atoms with Crippen LogP contribution in [0.3, 0.4) is 0 Å². The molecule has 6 heteroatoms. The molecule has 0 aliphatic carbocycles. The molecule has 2 aromatic heterocycles. The van der Waals surface area contributed by atoms with Gasteiger partial charge in [0.1, 0.15) is 5.75 Å². The summed E-state index contributed by atoms with van der Waals surface area (Å²) in [6.07, 6.45) is 2.26. The Bertz CT molecular complexity index is 1100. The maximum Gasteiger partial charge on any atom is 0.230 e. The summed E-state index contributed by atoms with van der Waals surface area (Å²) < 4.78 is 7.27. The topological polar surface area (TPSA) is 55.6 Å². The van der Waals surface area contributed by atoms with Gasteiger partial charge in [-0.15, -0.1) is 11.3 Å². The quantitative estimate of drug-likeness (QED) is 0.555. The minimum Gasteiger partial charge on any atom is -0.497 e. The van der Waals surface area contributed by atoms with E-state index in [0.717, 1.165) is 38.9 Å². The summed E-state index contributed by atoms with van der Waals surface area (Å²) >= 11 is 1.53. The van der Waals surface area contributed by atoms with Crippen molar-refractivity contribution in [3.8, 4) is 17.0 Å². The standard InChI is InChI=1S/C21H19N3O2S/c1-14-6-8-16(9-7-14)22-20(25)11-17-13-27-21-23-19(12-24(17)21)15-4-3-5-18(10-15)26-2/h3-10,12-13H,11H2,1-2H3,(H,22,25). The Morgan fingerprint density at radius 3 is 2.81 bits per heavy atom. The fourth-order valence-corrected chi connectivity index (χ4v) is 3.76. The number of aromatic nitrogens is 2. The number of ether oxygens (including phenoxy) is 1. The molecule has 0 atom stereocenters. The molecule has 0 radical (unpaired) electrons. The Morgan fingerprint density at radius 1 is 1.22 bits per heavy atom. The van der Waals surface area contributed by atoms with E-state index >= 15 is 0 Å². The number of nitrogens with zero attached hydrogens (tertiary/aromatic N) is 2. The van der Waals surface area contributed by atoms with E-state index in [1.54, 1.807) is 7.11 Å². The number of thiazole rings is 1. The molecule has 0 saturated carbocycles. The van der Waals surface area contributed by atoms with Gasteiger partial charge < -0.3 is 10.1 Å². The molecule has 0 saturated heterocycles. The molecule has 0 spiro atoms. The van der Waals surface area contributed by atoms with Gasteiger partial charge in [0.15, 0.2) is 4.96 Å². The van der Waals surface area contributed by atoms with Crippen LogP contribution in [0.1, 0.15) is 11.3 Å². The van der Waals surface area contributed by atoms with Crippen molar-refractivity contribution in [1.82, 2.24) is 9.38 Å². The molecule has 27 heavy (non-hydrogen) atoms. The minimum absolute atomic E-state index is 0.0461. The second-order valence-electron chi connectivity index (χ2n) is 6.33. The molecule has 4 aromatic rings. The number of aryl methyl sites for hydroxylation is 1. The zero-order valence-electron chi connectivity index (χ0n) is 15.1. The lowest BCUT2D eigenvalue weighted by atomic mass is 10.1. The molecule has 1 N–H and O–H groups in total. The van der Waals surface area contributed by atoms with Crippen LogP contribution in [0.4, 0.5) is 5.69 Å². The first-order valence-electron chi connectivity index (χ1n) is 8.59. The van der Waals surface area contributed by atoms with E-state index in [0.29, 0.717) is 6.42 Å². The summed E-state index contributed by atoms with van der Waals surface area (Å²) in [4.78, 5) is 18.0. The number of nitrogens with one attached hydrogen (secondary N) is 1. The Kier molecular flexibility index (Phi) is 4.64. The van der Waals surface area contributed by atoms with Crippen LogP contribution in [-0.2, 0) is 11.2 Å². The number of benzene rings is 2. The first-order chi connectivity index (χ1) is 13.1. The third-order valence-corrected chi connectivity index (χ3v) is 5.21. The highest BCUT2D eigenvalue weighted by Gasteiger charge is 2.13. The second-order valence-corrected chi connectivity index (χ2v) is 7.17. The van der Waals surface area contributed by atoms with Crippen LogP contribution in [0.2, 0.25) is 0 Å². The summed E-state index contributed by atoms with van der Waals surface area (Å²) in [5.41, 5.74) is 4.73. The second kappa shape index (κ2) is 7.25. The van der Waals surface area contributed by atoms with Gasteiger partial charge in [-0.1, -0.05) is 29.8 Å². The molecule has 0 fully saturated rings. The molecule has 0 aliphatic rings. The Hall–Kier alpha value is -3.12. The number of hydrogen-bond donors (Lipinski definition) is 1. The van der Waals surface area contributed by atoms with Crippen LogP contribution < -0.4 is 10.1 Å². The van der Waals surface area contributed by atoms with E-state index in [2.05, 4.69) is 10.3 Å². The molecule has 4 rings (SSSR count). The van der Waals surface area contributed by atoms with E-state index in [-0.39, 0.29) is 5.91 Å². The molecule has 2 aromatic carbocycles. The molecular formula is C21H19N3O2S. The van der Waals surface area contributed by atoms with E-state index in [9.17, 15) is 4.79 Å². The average Bonchev–Trinajstić information content (AvgIpc) is 3.26.